The van der Waals surface area contributed by atoms with Crippen molar-refractivity contribution in [2.45, 2.75) is 55.9 Å². The molecule has 3 heterocycles. The number of aromatic nitrogens is 3. The molecule has 0 aliphatic carbocycles. The van der Waals surface area contributed by atoms with Crippen LogP contribution in [0.2, 0.25) is 0 Å². The highest BCUT2D eigenvalue weighted by Crippen LogP contribution is 2.21. The SMILES string of the molecule is CCCCCCn1c(=N)c(S(=O)(=O)c2ccc(C)cc2)cc2c(=O)n3ccccc3nc21. The van der Waals surface area contributed by atoms with E-state index in [2.05, 4.69) is 11.9 Å². The molecule has 0 atom stereocenters. The fourth-order valence-corrected chi connectivity index (χ4v) is 5.21. The van der Waals surface area contributed by atoms with Crippen molar-refractivity contribution in [2.24, 2.45) is 0 Å². The summed E-state index contributed by atoms with van der Waals surface area (Å²) in [7, 11) is -3.99. The lowest BCUT2D eigenvalue weighted by molar-refractivity contribution is 0.559. The number of unbranched alkanes of at least 4 members (excludes halogenated alkanes) is 3. The number of sulfone groups is 1. The van der Waals surface area contributed by atoms with Crippen molar-refractivity contribution in [3.05, 3.63) is 76.1 Å². The first-order chi connectivity index (χ1) is 15.3. The lowest BCUT2D eigenvalue weighted by Crippen LogP contribution is -2.30. The predicted molar refractivity (Wildman–Crippen MR) is 124 cm³/mol. The first-order valence-electron chi connectivity index (χ1n) is 10.8. The summed E-state index contributed by atoms with van der Waals surface area (Å²) >= 11 is 0. The number of hydrogen-bond donors (Lipinski definition) is 1. The Bertz CT molecular complexity index is 1520. The fraction of sp³-hybridized carbons (Fsp3) is 0.292. The lowest BCUT2D eigenvalue weighted by Gasteiger charge is -2.15. The van der Waals surface area contributed by atoms with Crippen molar-refractivity contribution >= 4 is 26.5 Å². The Hall–Kier alpha value is -3.26. The van der Waals surface area contributed by atoms with Crippen LogP contribution in [0.1, 0.15) is 38.2 Å². The van der Waals surface area contributed by atoms with E-state index < -0.39 is 9.84 Å². The van der Waals surface area contributed by atoms with Crippen molar-refractivity contribution in [1.29, 1.82) is 5.41 Å². The average Bonchev–Trinajstić information content (AvgIpc) is 2.78. The standard InChI is InChI=1S/C24H26N4O3S/c1-3-4-5-7-15-28-22(25)20(32(30,31)18-12-10-17(2)11-13-18)16-19-23(28)26-21-9-6-8-14-27(21)24(19)29/h6,8-14,16,25H,3-5,7,15H2,1-2H3. The normalized spacial score (nSPS) is 11.9. The number of nitrogens with one attached hydrogen (secondary N) is 1. The Labute approximate surface area is 186 Å². The largest absolute Gasteiger partial charge is 0.310 e. The van der Waals surface area contributed by atoms with Crippen LogP contribution < -0.4 is 11.0 Å². The second kappa shape index (κ2) is 8.70. The summed E-state index contributed by atoms with van der Waals surface area (Å²) in [5.41, 5.74) is 1.23. The number of benzene rings is 1. The molecule has 0 radical (unpaired) electrons. The summed E-state index contributed by atoms with van der Waals surface area (Å²) < 4.78 is 29.9. The second-order valence-corrected chi connectivity index (χ2v) is 9.89. The molecular weight excluding hydrogens is 424 g/mol. The zero-order valence-electron chi connectivity index (χ0n) is 18.2. The Balaban J connectivity index is 2.01. The number of pyridine rings is 2. The summed E-state index contributed by atoms with van der Waals surface area (Å²) in [5.74, 6) is 0. The van der Waals surface area contributed by atoms with Gasteiger partial charge in [0.05, 0.1) is 10.3 Å². The van der Waals surface area contributed by atoms with E-state index in [1.807, 2.05) is 6.92 Å². The maximum absolute atomic E-state index is 13.5. The highest BCUT2D eigenvalue weighted by Gasteiger charge is 2.24. The van der Waals surface area contributed by atoms with Crippen LogP contribution >= 0.6 is 0 Å². The molecule has 166 valence electrons. The molecule has 0 amide bonds. The fourth-order valence-electron chi connectivity index (χ4n) is 3.83. The van der Waals surface area contributed by atoms with Gasteiger partial charge in [-0.2, -0.15) is 0 Å². The molecule has 4 rings (SSSR count). The van der Waals surface area contributed by atoms with Crippen LogP contribution in [0.25, 0.3) is 16.7 Å². The molecule has 1 aromatic carbocycles. The molecular formula is C24H26N4O3S. The highest BCUT2D eigenvalue weighted by atomic mass is 32.2. The molecule has 0 aliphatic rings. The molecule has 0 saturated carbocycles. The van der Waals surface area contributed by atoms with Gasteiger partial charge < -0.3 is 4.57 Å². The van der Waals surface area contributed by atoms with Crippen molar-refractivity contribution in [1.82, 2.24) is 14.0 Å². The Morgan fingerprint density at radius 1 is 1.03 bits per heavy atom. The summed E-state index contributed by atoms with van der Waals surface area (Å²) in [6.07, 6.45) is 5.44. The monoisotopic (exact) mass is 450 g/mol. The van der Waals surface area contributed by atoms with Crippen molar-refractivity contribution < 1.29 is 8.42 Å². The first kappa shape index (κ1) is 22.0. The number of rotatable bonds is 7. The average molecular weight is 451 g/mol. The van der Waals surface area contributed by atoms with Gasteiger partial charge in [-0.1, -0.05) is 49.9 Å². The molecule has 0 aliphatic heterocycles. The van der Waals surface area contributed by atoms with Gasteiger partial charge in [-0.25, -0.2) is 13.4 Å². The molecule has 7 nitrogen and oxygen atoms in total. The molecule has 0 bridgehead atoms. The van der Waals surface area contributed by atoms with Gasteiger partial charge in [-0.15, -0.1) is 0 Å². The van der Waals surface area contributed by atoms with Crippen molar-refractivity contribution in [3.63, 3.8) is 0 Å². The minimum absolute atomic E-state index is 0.0994. The third-order valence-corrected chi connectivity index (χ3v) is 7.42. The second-order valence-electron chi connectivity index (χ2n) is 7.97. The maximum Gasteiger partial charge on any atom is 0.267 e. The quantitative estimate of drug-likeness (QED) is 0.342. The van der Waals surface area contributed by atoms with Crippen LogP contribution in [0.3, 0.4) is 0 Å². The lowest BCUT2D eigenvalue weighted by atomic mass is 10.2. The minimum Gasteiger partial charge on any atom is -0.310 e. The molecule has 0 unspecified atom stereocenters. The first-order valence-corrected chi connectivity index (χ1v) is 12.2. The van der Waals surface area contributed by atoms with Gasteiger partial charge in [0.15, 0.2) is 0 Å². The van der Waals surface area contributed by atoms with Crippen LogP contribution in [-0.2, 0) is 16.4 Å². The van der Waals surface area contributed by atoms with Crippen LogP contribution in [0.5, 0.6) is 0 Å². The zero-order valence-corrected chi connectivity index (χ0v) is 19.0. The molecule has 0 saturated heterocycles. The number of nitrogens with zero attached hydrogens (tertiary/aromatic N) is 3. The highest BCUT2D eigenvalue weighted by molar-refractivity contribution is 7.91. The van der Waals surface area contributed by atoms with E-state index in [1.165, 1.54) is 22.6 Å². The van der Waals surface area contributed by atoms with E-state index >= 15 is 0 Å². The van der Waals surface area contributed by atoms with Crippen LogP contribution in [-0.4, -0.2) is 22.4 Å². The third kappa shape index (κ3) is 3.86. The van der Waals surface area contributed by atoms with E-state index in [9.17, 15) is 13.2 Å². The number of fused-ring (bicyclic) bond motifs is 2. The van der Waals surface area contributed by atoms with Gasteiger partial charge in [0.25, 0.3) is 5.56 Å². The van der Waals surface area contributed by atoms with Gasteiger partial charge in [0.2, 0.25) is 9.84 Å². The molecule has 4 aromatic rings. The van der Waals surface area contributed by atoms with Crippen molar-refractivity contribution in [3.8, 4) is 0 Å². The summed E-state index contributed by atoms with van der Waals surface area (Å²) in [5, 5.41) is 8.96. The van der Waals surface area contributed by atoms with Gasteiger partial charge in [0, 0.05) is 12.7 Å². The molecule has 0 fully saturated rings. The van der Waals surface area contributed by atoms with Gasteiger partial charge in [-0.3, -0.25) is 14.6 Å². The maximum atomic E-state index is 13.5. The Kier molecular flexibility index (Phi) is 5.97. The van der Waals surface area contributed by atoms with Gasteiger partial charge in [0.1, 0.15) is 21.7 Å². The van der Waals surface area contributed by atoms with Crippen LogP contribution in [0.15, 0.2) is 69.3 Å². The molecule has 32 heavy (non-hydrogen) atoms. The summed E-state index contributed by atoms with van der Waals surface area (Å²) in [6.45, 7) is 4.41. The molecule has 8 heteroatoms. The van der Waals surface area contributed by atoms with E-state index in [0.717, 1.165) is 31.2 Å². The number of aryl methyl sites for hydroxylation is 2. The summed E-state index contributed by atoms with van der Waals surface area (Å²) in [6, 6.07) is 13.1. The molecule has 1 N–H and O–H groups in total. The Morgan fingerprint density at radius 3 is 2.50 bits per heavy atom. The topological polar surface area (TPSA) is 97.3 Å². The van der Waals surface area contributed by atoms with Gasteiger partial charge in [-0.05, 0) is 43.7 Å². The Morgan fingerprint density at radius 2 is 1.78 bits per heavy atom. The van der Waals surface area contributed by atoms with Gasteiger partial charge >= 0.3 is 0 Å². The number of hydrogen-bond acceptors (Lipinski definition) is 5. The van der Waals surface area contributed by atoms with E-state index in [0.29, 0.717) is 17.8 Å². The molecule has 3 aromatic heterocycles. The van der Waals surface area contributed by atoms with E-state index in [4.69, 9.17) is 5.41 Å². The van der Waals surface area contributed by atoms with Crippen LogP contribution in [0, 0.1) is 12.3 Å². The van der Waals surface area contributed by atoms with Crippen molar-refractivity contribution in [2.75, 3.05) is 0 Å². The van der Waals surface area contributed by atoms with Crippen LogP contribution in [0.4, 0.5) is 0 Å². The predicted octanol–water partition coefficient (Wildman–Crippen LogP) is 3.85. The smallest absolute Gasteiger partial charge is 0.267 e. The molecule has 0 spiro atoms. The minimum atomic E-state index is -3.99. The van der Waals surface area contributed by atoms with E-state index in [-0.39, 0.29) is 26.2 Å². The zero-order chi connectivity index (χ0) is 22.9. The third-order valence-electron chi connectivity index (χ3n) is 5.64. The van der Waals surface area contributed by atoms with E-state index in [1.54, 1.807) is 41.1 Å². The summed E-state index contributed by atoms with van der Waals surface area (Å²) in [4.78, 5) is 17.8.